The number of aryl methyl sites for hydroxylation is 1. The van der Waals surface area contributed by atoms with Crippen molar-refractivity contribution in [2.45, 2.75) is 56.9 Å². The van der Waals surface area contributed by atoms with Gasteiger partial charge in [0.15, 0.2) is 0 Å². The number of nitro benzene ring substituents is 1. The molecule has 0 aliphatic rings. The van der Waals surface area contributed by atoms with Crippen LogP contribution >= 0.6 is 11.8 Å². The fourth-order valence-corrected chi connectivity index (χ4v) is 4.41. The van der Waals surface area contributed by atoms with Crippen LogP contribution in [0.1, 0.15) is 44.0 Å². The van der Waals surface area contributed by atoms with Gasteiger partial charge in [-0.2, -0.15) is 0 Å². The van der Waals surface area contributed by atoms with Crippen LogP contribution in [0.3, 0.4) is 0 Å². The monoisotopic (exact) mass is 477 g/mol. The van der Waals surface area contributed by atoms with Gasteiger partial charge in [-0.15, -0.1) is 0 Å². The smallest absolute Gasteiger partial charge is 0.269 e. The number of rotatable bonds is 9. The van der Waals surface area contributed by atoms with E-state index in [1.54, 1.807) is 35.0 Å². The summed E-state index contributed by atoms with van der Waals surface area (Å²) in [6, 6.07) is 18.8. The average Bonchev–Trinajstić information content (AvgIpc) is 2.78. The third kappa shape index (κ3) is 7.70. The van der Waals surface area contributed by atoms with Crippen molar-refractivity contribution in [3.8, 4) is 0 Å². The lowest BCUT2D eigenvalue weighted by Gasteiger charge is -2.27. The highest BCUT2D eigenvalue weighted by molar-refractivity contribution is 7.99. The molecule has 0 saturated carbocycles. The van der Waals surface area contributed by atoms with Crippen LogP contribution in [0, 0.1) is 22.5 Å². The number of carbonyl (C=O) groups excluding carboxylic acids is 1. The molecule has 34 heavy (non-hydrogen) atoms. The van der Waals surface area contributed by atoms with Gasteiger partial charge in [0, 0.05) is 59.7 Å². The Morgan fingerprint density at radius 2 is 1.82 bits per heavy atom. The molecular weight excluding hydrogens is 446 g/mol. The minimum absolute atomic E-state index is 0.0243. The second-order valence-corrected chi connectivity index (χ2v) is 10.7. The predicted molar refractivity (Wildman–Crippen MR) is 136 cm³/mol. The van der Waals surface area contributed by atoms with Crippen LogP contribution in [0.15, 0.2) is 76.7 Å². The second kappa shape index (κ2) is 11.3. The molecule has 0 spiro atoms. The summed E-state index contributed by atoms with van der Waals surface area (Å²) in [5.74, 6) is 0.0289. The molecule has 1 aromatic heterocycles. The Bertz CT molecular complexity index is 1130. The third-order valence-electron chi connectivity index (χ3n) is 5.26. The number of nitrogens with zero attached hydrogens (tertiary/aromatic N) is 3. The van der Waals surface area contributed by atoms with E-state index in [1.165, 1.54) is 11.6 Å². The first kappa shape index (κ1) is 25.4. The van der Waals surface area contributed by atoms with E-state index in [-0.39, 0.29) is 21.9 Å². The lowest BCUT2D eigenvalue weighted by atomic mass is 9.91. The Morgan fingerprint density at radius 1 is 1.09 bits per heavy atom. The van der Waals surface area contributed by atoms with Crippen LogP contribution < -0.4 is 0 Å². The van der Waals surface area contributed by atoms with Crippen molar-refractivity contribution < 1.29 is 9.72 Å². The van der Waals surface area contributed by atoms with Crippen molar-refractivity contribution in [1.82, 2.24) is 9.88 Å². The number of aromatic nitrogens is 1. The van der Waals surface area contributed by atoms with Crippen LogP contribution in [-0.2, 0) is 17.8 Å². The van der Waals surface area contributed by atoms with Gasteiger partial charge in [-0.1, -0.05) is 56.3 Å². The molecule has 1 amide bonds. The second-order valence-electron chi connectivity index (χ2n) is 9.59. The molecule has 7 heteroatoms. The van der Waals surface area contributed by atoms with E-state index in [4.69, 9.17) is 0 Å². The van der Waals surface area contributed by atoms with Crippen molar-refractivity contribution in [2.24, 2.45) is 5.41 Å². The van der Waals surface area contributed by atoms with Gasteiger partial charge < -0.3 is 4.90 Å². The Morgan fingerprint density at radius 3 is 2.44 bits per heavy atom. The molecule has 0 fully saturated rings. The number of nitro groups is 1. The standard InChI is InChI=1S/C27H31N3O3S/c1-20-8-11-24(12-9-20)34-25-13-10-23(30(32)33)17-21(25)19-29(26(31)18-27(2,3)4)16-14-22-7-5-6-15-28-22/h5-13,15,17H,14,16,18-19H2,1-4H3. The number of carbonyl (C=O) groups is 1. The molecule has 2 aromatic carbocycles. The normalized spacial score (nSPS) is 11.3. The van der Waals surface area contributed by atoms with E-state index >= 15 is 0 Å². The maximum absolute atomic E-state index is 13.3. The van der Waals surface area contributed by atoms with E-state index in [9.17, 15) is 14.9 Å². The van der Waals surface area contributed by atoms with Crippen LogP contribution in [0.4, 0.5) is 5.69 Å². The highest BCUT2D eigenvalue weighted by Crippen LogP contribution is 2.34. The summed E-state index contributed by atoms with van der Waals surface area (Å²) >= 11 is 1.55. The lowest BCUT2D eigenvalue weighted by Crippen LogP contribution is -2.35. The summed E-state index contributed by atoms with van der Waals surface area (Å²) in [5.41, 5.74) is 2.70. The molecule has 3 rings (SSSR count). The van der Waals surface area contributed by atoms with Crippen molar-refractivity contribution in [3.63, 3.8) is 0 Å². The summed E-state index contributed by atoms with van der Waals surface area (Å²) < 4.78 is 0. The molecule has 0 aliphatic carbocycles. The number of benzene rings is 2. The molecule has 1 heterocycles. The van der Waals surface area contributed by atoms with E-state index < -0.39 is 0 Å². The number of pyridine rings is 1. The molecule has 0 saturated heterocycles. The van der Waals surface area contributed by atoms with Crippen molar-refractivity contribution in [1.29, 1.82) is 0 Å². The van der Waals surface area contributed by atoms with Gasteiger partial charge in [0.25, 0.3) is 5.69 Å². The van der Waals surface area contributed by atoms with Crippen LogP contribution in [0.2, 0.25) is 0 Å². The zero-order valence-electron chi connectivity index (χ0n) is 20.2. The zero-order chi connectivity index (χ0) is 24.7. The van der Waals surface area contributed by atoms with Crippen LogP contribution in [0.5, 0.6) is 0 Å². The van der Waals surface area contributed by atoms with E-state index in [0.29, 0.717) is 25.9 Å². The fraction of sp³-hybridized carbons (Fsp3) is 0.333. The summed E-state index contributed by atoms with van der Waals surface area (Å²) in [6.45, 7) is 8.93. The molecule has 0 atom stereocenters. The van der Waals surface area contributed by atoms with Crippen molar-refractivity contribution >= 4 is 23.4 Å². The molecule has 0 N–H and O–H groups in total. The van der Waals surface area contributed by atoms with Crippen LogP contribution in [0.25, 0.3) is 0 Å². The minimum atomic E-state index is -0.390. The van der Waals surface area contributed by atoms with Gasteiger partial charge in [0.05, 0.1) is 4.92 Å². The zero-order valence-corrected chi connectivity index (χ0v) is 21.0. The van der Waals surface area contributed by atoms with Gasteiger partial charge in [0.1, 0.15) is 0 Å². The van der Waals surface area contributed by atoms with Gasteiger partial charge in [-0.3, -0.25) is 19.9 Å². The SMILES string of the molecule is Cc1ccc(Sc2ccc([N+](=O)[O-])cc2CN(CCc2ccccn2)C(=O)CC(C)(C)C)cc1. The largest absolute Gasteiger partial charge is 0.338 e. The first-order valence-electron chi connectivity index (χ1n) is 11.3. The van der Waals surface area contributed by atoms with Gasteiger partial charge in [-0.25, -0.2) is 0 Å². The molecule has 178 valence electrons. The Labute approximate surface area is 205 Å². The van der Waals surface area contributed by atoms with Crippen LogP contribution in [-0.4, -0.2) is 27.3 Å². The first-order valence-corrected chi connectivity index (χ1v) is 12.1. The minimum Gasteiger partial charge on any atom is -0.338 e. The molecule has 0 bridgehead atoms. The van der Waals surface area contributed by atoms with E-state index in [2.05, 4.69) is 4.98 Å². The number of amides is 1. The fourth-order valence-electron chi connectivity index (χ4n) is 3.49. The maximum atomic E-state index is 13.3. The van der Waals surface area contributed by atoms with Gasteiger partial charge in [0.2, 0.25) is 5.91 Å². The lowest BCUT2D eigenvalue weighted by molar-refractivity contribution is -0.385. The molecule has 3 aromatic rings. The summed E-state index contributed by atoms with van der Waals surface area (Å²) in [4.78, 5) is 32.5. The Hall–Kier alpha value is -3.19. The Kier molecular flexibility index (Phi) is 8.45. The highest BCUT2D eigenvalue weighted by atomic mass is 32.2. The number of non-ortho nitro benzene ring substituents is 1. The molecule has 6 nitrogen and oxygen atoms in total. The third-order valence-corrected chi connectivity index (χ3v) is 6.39. The molecule has 0 radical (unpaired) electrons. The Balaban J connectivity index is 1.91. The number of hydrogen-bond donors (Lipinski definition) is 0. The molecular formula is C27H31N3O3S. The van der Waals surface area contributed by atoms with Crippen molar-refractivity contribution in [3.05, 3.63) is 93.8 Å². The number of hydrogen-bond acceptors (Lipinski definition) is 5. The van der Waals surface area contributed by atoms with E-state index in [0.717, 1.165) is 21.0 Å². The summed E-state index contributed by atoms with van der Waals surface area (Å²) in [6.07, 6.45) is 2.75. The average molecular weight is 478 g/mol. The summed E-state index contributed by atoms with van der Waals surface area (Å²) in [7, 11) is 0. The molecule has 0 aliphatic heterocycles. The molecule has 0 unspecified atom stereocenters. The topological polar surface area (TPSA) is 76.3 Å². The van der Waals surface area contributed by atoms with Gasteiger partial charge >= 0.3 is 0 Å². The quantitative estimate of drug-likeness (QED) is 0.261. The summed E-state index contributed by atoms with van der Waals surface area (Å²) in [5, 5.41) is 11.5. The highest BCUT2D eigenvalue weighted by Gasteiger charge is 2.23. The van der Waals surface area contributed by atoms with Crippen molar-refractivity contribution in [2.75, 3.05) is 6.54 Å². The maximum Gasteiger partial charge on any atom is 0.269 e. The van der Waals surface area contributed by atoms with E-state index in [1.807, 2.05) is 70.2 Å². The predicted octanol–water partition coefficient (Wildman–Crippen LogP) is 6.46. The first-order chi connectivity index (χ1) is 16.1. The van der Waals surface area contributed by atoms with Gasteiger partial charge in [-0.05, 0) is 48.2 Å².